The van der Waals surface area contributed by atoms with Crippen molar-refractivity contribution in [3.63, 3.8) is 0 Å². The Hall–Kier alpha value is -1.92. The maximum Gasteiger partial charge on any atom is 0.305 e. The molecule has 0 aromatic rings. The molecule has 0 aliphatic rings. The van der Waals surface area contributed by atoms with Gasteiger partial charge >= 0.3 is 5.97 Å². The van der Waals surface area contributed by atoms with E-state index in [9.17, 15) is 19.8 Å². The van der Waals surface area contributed by atoms with Crippen molar-refractivity contribution in [2.24, 2.45) is 0 Å². The van der Waals surface area contributed by atoms with Crippen LogP contribution in [-0.2, 0) is 14.3 Å². The van der Waals surface area contributed by atoms with E-state index in [1.165, 1.54) is 302 Å². The van der Waals surface area contributed by atoms with E-state index in [1.54, 1.807) is 6.08 Å². The Labute approximate surface area is 481 Å². The molecule has 0 saturated carbocycles. The van der Waals surface area contributed by atoms with Gasteiger partial charge in [-0.05, 0) is 64.2 Å². The zero-order valence-corrected chi connectivity index (χ0v) is 52.0. The van der Waals surface area contributed by atoms with E-state index in [0.717, 1.165) is 51.4 Å². The van der Waals surface area contributed by atoms with E-state index in [2.05, 4.69) is 43.5 Å². The number of carbonyl (C=O) groups is 2. The van der Waals surface area contributed by atoms with Gasteiger partial charge in [0.05, 0.1) is 25.4 Å². The van der Waals surface area contributed by atoms with Crippen LogP contribution in [0.4, 0.5) is 0 Å². The molecule has 0 radical (unpaired) electrons. The minimum absolute atomic E-state index is 0.00283. The Morgan fingerprint density at radius 2 is 0.649 bits per heavy atom. The molecule has 2 atom stereocenters. The van der Waals surface area contributed by atoms with E-state index in [-0.39, 0.29) is 18.5 Å². The molecule has 1 amide bonds. The van der Waals surface area contributed by atoms with Gasteiger partial charge < -0.3 is 20.3 Å². The summed E-state index contributed by atoms with van der Waals surface area (Å²) in [5.74, 6) is -0.0634. The van der Waals surface area contributed by atoms with Crippen LogP contribution in [-0.4, -0.2) is 47.4 Å². The Balaban J connectivity index is 3.42. The van der Waals surface area contributed by atoms with Crippen molar-refractivity contribution in [3.8, 4) is 0 Å². The van der Waals surface area contributed by atoms with E-state index >= 15 is 0 Å². The number of nitrogens with one attached hydrogen (secondary N) is 1. The van der Waals surface area contributed by atoms with Crippen molar-refractivity contribution < 1.29 is 24.5 Å². The van der Waals surface area contributed by atoms with Gasteiger partial charge in [-0.3, -0.25) is 9.59 Å². The highest BCUT2D eigenvalue weighted by molar-refractivity contribution is 5.76. The number of hydrogen-bond acceptors (Lipinski definition) is 5. The fourth-order valence-electron chi connectivity index (χ4n) is 10.8. The van der Waals surface area contributed by atoms with Gasteiger partial charge in [-0.2, -0.15) is 0 Å². The van der Waals surface area contributed by atoms with Gasteiger partial charge in [-0.25, -0.2) is 0 Å². The first kappa shape index (κ1) is 75.1. The van der Waals surface area contributed by atoms with Crippen molar-refractivity contribution in [1.29, 1.82) is 0 Å². The smallest absolute Gasteiger partial charge is 0.305 e. The van der Waals surface area contributed by atoms with Crippen LogP contribution < -0.4 is 5.32 Å². The molecule has 0 spiro atoms. The summed E-state index contributed by atoms with van der Waals surface area (Å²) in [5.41, 5.74) is 0. The molecule has 0 aromatic heterocycles. The van der Waals surface area contributed by atoms with Crippen LogP contribution in [0.1, 0.15) is 380 Å². The van der Waals surface area contributed by atoms with E-state index in [4.69, 9.17) is 4.74 Å². The second kappa shape index (κ2) is 66.6. The second-order valence-electron chi connectivity index (χ2n) is 23.9. The van der Waals surface area contributed by atoms with Crippen molar-refractivity contribution in [1.82, 2.24) is 5.32 Å². The fraction of sp³-hybridized carbons (Fsp3) is 0.887. The zero-order chi connectivity index (χ0) is 55.7. The van der Waals surface area contributed by atoms with Gasteiger partial charge in [0.25, 0.3) is 0 Å². The molecular weight excluding hydrogens is 947 g/mol. The van der Waals surface area contributed by atoms with Crippen molar-refractivity contribution in [3.05, 3.63) is 36.5 Å². The van der Waals surface area contributed by atoms with Crippen LogP contribution in [0.15, 0.2) is 36.5 Å². The summed E-state index contributed by atoms with van der Waals surface area (Å²) >= 11 is 0. The molecule has 0 saturated heterocycles. The van der Waals surface area contributed by atoms with Crippen LogP contribution in [0.3, 0.4) is 0 Å². The average Bonchev–Trinajstić information content (AvgIpc) is 3.43. The molecule has 0 aromatic carbocycles. The molecular formula is C71H135NO5. The van der Waals surface area contributed by atoms with Gasteiger partial charge in [0.2, 0.25) is 5.91 Å². The molecule has 0 aliphatic heterocycles. The summed E-state index contributed by atoms with van der Waals surface area (Å²) in [7, 11) is 0. The molecule has 0 rings (SSSR count). The van der Waals surface area contributed by atoms with Gasteiger partial charge in [0, 0.05) is 12.8 Å². The third kappa shape index (κ3) is 63.1. The number of esters is 1. The quantitative estimate of drug-likeness (QED) is 0.0320. The molecule has 6 nitrogen and oxygen atoms in total. The number of hydrogen-bond donors (Lipinski definition) is 3. The lowest BCUT2D eigenvalue weighted by Gasteiger charge is -2.20. The molecule has 0 aliphatic carbocycles. The van der Waals surface area contributed by atoms with Crippen molar-refractivity contribution >= 4 is 11.9 Å². The van der Waals surface area contributed by atoms with Crippen molar-refractivity contribution in [2.45, 2.75) is 392 Å². The third-order valence-corrected chi connectivity index (χ3v) is 16.2. The Morgan fingerprint density at radius 3 is 1.01 bits per heavy atom. The number of rotatable bonds is 65. The summed E-state index contributed by atoms with van der Waals surface area (Å²) in [4.78, 5) is 24.6. The lowest BCUT2D eigenvalue weighted by atomic mass is 10.0. The number of carbonyl (C=O) groups excluding carboxylic acids is 2. The lowest BCUT2D eigenvalue weighted by Crippen LogP contribution is -2.45. The Kier molecular flexibility index (Phi) is 64.9. The van der Waals surface area contributed by atoms with E-state index in [1.807, 2.05) is 6.08 Å². The first-order chi connectivity index (χ1) is 38.0. The second-order valence-corrected chi connectivity index (χ2v) is 23.9. The van der Waals surface area contributed by atoms with Crippen LogP contribution in [0.2, 0.25) is 0 Å². The van der Waals surface area contributed by atoms with Crippen LogP contribution in [0, 0.1) is 0 Å². The summed E-state index contributed by atoms with van der Waals surface area (Å²) in [6.45, 7) is 4.90. The predicted octanol–water partition coefficient (Wildman–Crippen LogP) is 22.3. The van der Waals surface area contributed by atoms with Gasteiger partial charge in [-0.1, -0.05) is 339 Å². The maximum absolute atomic E-state index is 12.5. The van der Waals surface area contributed by atoms with Crippen LogP contribution in [0.25, 0.3) is 0 Å². The van der Waals surface area contributed by atoms with Gasteiger partial charge in [-0.15, -0.1) is 0 Å². The number of amides is 1. The van der Waals surface area contributed by atoms with E-state index in [0.29, 0.717) is 19.4 Å². The lowest BCUT2D eigenvalue weighted by molar-refractivity contribution is -0.143. The highest BCUT2D eigenvalue weighted by atomic mass is 16.5. The van der Waals surface area contributed by atoms with Gasteiger partial charge in [0.15, 0.2) is 0 Å². The number of ether oxygens (including phenoxy) is 1. The first-order valence-corrected chi connectivity index (χ1v) is 34.8. The molecule has 0 bridgehead atoms. The van der Waals surface area contributed by atoms with Gasteiger partial charge in [0.1, 0.15) is 0 Å². The molecule has 3 N–H and O–H groups in total. The summed E-state index contributed by atoms with van der Waals surface area (Å²) in [5, 5.41) is 23.3. The third-order valence-electron chi connectivity index (χ3n) is 16.2. The average molecular weight is 1080 g/mol. The fourth-order valence-corrected chi connectivity index (χ4v) is 10.8. The monoisotopic (exact) mass is 1080 g/mol. The largest absolute Gasteiger partial charge is 0.466 e. The maximum atomic E-state index is 12.5. The summed E-state index contributed by atoms with van der Waals surface area (Å²) < 4.78 is 5.49. The number of aliphatic hydroxyl groups is 2. The van der Waals surface area contributed by atoms with Crippen LogP contribution >= 0.6 is 0 Å². The number of aliphatic hydroxyl groups excluding tert-OH is 2. The van der Waals surface area contributed by atoms with E-state index < -0.39 is 12.1 Å². The molecule has 6 heteroatoms. The minimum atomic E-state index is -0.848. The van der Waals surface area contributed by atoms with Crippen LogP contribution in [0.5, 0.6) is 0 Å². The number of unbranched alkanes of at least 4 members (excludes halogenated alkanes) is 50. The molecule has 2 unspecified atom stereocenters. The summed E-state index contributed by atoms with van der Waals surface area (Å²) in [6, 6.07) is -0.631. The molecule has 0 fully saturated rings. The Bertz CT molecular complexity index is 1250. The number of allylic oxidation sites excluding steroid dienone is 5. The normalized spacial score (nSPS) is 12.7. The molecule has 454 valence electrons. The SMILES string of the molecule is CCCCC/C=C\C/C=C\CCCCCCCCCC(=O)OCCCCCCCCCCCCCCCCCCCCCCC(=O)NC(CO)C(O)/C=C/CCCCCCCCCCCCCCCCCCCCCCC. The summed E-state index contributed by atoms with van der Waals surface area (Å²) in [6.07, 6.45) is 84.9. The highest BCUT2D eigenvalue weighted by Crippen LogP contribution is 2.18. The predicted molar refractivity (Wildman–Crippen MR) is 338 cm³/mol. The Morgan fingerprint density at radius 1 is 0.364 bits per heavy atom. The highest BCUT2D eigenvalue weighted by Gasteiger charge is 2.18. The standard InChI is InChI=1S/C71H135NO5/c1-3-5-7-9-11-13-15-17-19-21-22-23-24-25-28-32-35-39-43-47-51-55-59-63-69(74)68(67-73)72-70(75)64-60-56-52-48-44-40-36-33-29-26-27-30-34-38-42-46-50-54-58-62-66-77-71(76)65-61-57-53-49-45-41-37-31-20-18-16-14-12-10-8-6-4-2/h12,14,18,20,59,63,68-69,73-74H,3-11,13,15-17,19,21-58,60-62,64-67H2,1-2H3,(H,72,75)/b14-12-,20-18-,63-59+. The first-order valence-electron chi connectivity index (χ1n) is 34.8. The zero-order valence-electron chi connectivity index (χ0n) is 52.0. The van der Waals surface area contributed by atoms with Crippen molar-refractivity contribution in [2.75, 3.05) is 13.2 Å². The topological polar surface area (TPSA) is 95.9 Å². The minimum Gasteiger partial charge on any atom is -0.466 e. The molecule has 77 heavy (non-hydrogen) atoms. The molecule has 0 heterocycles.